The van der Waals surface area contributed by atoms with Gasteiger partial charge in [0.2, 0.25) is 0 Å². The molecule has 1 aromatic carbocycles. The van der Waals surface area contributed by atoms with Crippen molar-refractivity contribution in [2.45, 2.75) is 25.4 Å². The van der Waals surface area contributed by atoms with Gasteiger partial charge in [-0.1, -0.05) is 6.07 Å². The highest BCUT2D eigenvalue weighted by atomic mass is 16.5. The van der Waals surface area contributed by atoms with Crippen LogP contribution in [0.3, 0.4) is 0 Å². The van der Waals surface area contributed by atoms with E-state index in [4.69, 9.17) is 9.47 Å². The summed E-state index contributed by atoms with van der Waals surface area (Å²) in [5.74, 6) is 1.45. The number of Topliss-reactive ketones (excluding diaryl/α,β-unsaturated/α-hetero) is 1. The van der Waals surface area contributed by atoms with Gasteiger partial charge in [-0.3, -0.25) is 9.78 Å². The molecule has 4 heteroatoms. The van der Waals surface area contributed by atoms with Crippen LogP contribution >= 0.6 is 0 Å². The third-order valence-electron chi connectivity index (χ3n) is 3.64. The molecule has 21 heavy (non-hydrogen) atoms. The first-order valence-electron chi connectivity index (χ1n) is 7.04. The van der Waals surface area contributed by atoms with E-state index < -0.39 is 0 Å². The first-order chi connectivity index (χ1) is 10.3. The minimum atomic E-state index is -0.0980. The molecule has 0 amide bonds. The number of ether oxygens (including phenoxy) is 2. The zero-order valence-electron chi connectivity index (χ0n) is 11.9. The SMILES string of the molecule is COc1ccc2c(c1)OC(CCc1ccccn1)CC2=O. The molecule has 1 aliphatic rings. The lowest BCUT2D eigenvalue weighted by Gasteiger charge is -2.25. The number of methoxy groups -OCH3 is 1. The molecule has 108 valence electrons. The van der Waals surface area contributed by atoms with Gasteiger partial charge in [-0.15, -0.1) is 0 Å². The average Bonchev–Trinajstić information content (AvgIpc) is 2.53. The zero-order valence-corrected chi connectivity index (χ0v) is 11.9. The number of aromatic nitrogens is 1. The Hall–Kier alpha value is -2.36. The van der Waals surface area contributed by atoms with Crippen LogP contribution in [0, 0.1) is 0 Å². The zero-order chi connectivity index (χ0) is 14.7. The van der Waals surface area contributed by atoms with Gasteiger partial charge in [-0.25, -0.2) is 0 Å². The molecule has 1 unspecified atom stereocenters. The summed E-state index contributed by atoms with van der Waals surface area (Å²) in [5, 5.41) is 0. The smallest absolute Gasteiger partial charge is 0.170 e. The number of hydrogen-bond donors (Lipinski definition) is 0. The predicted octanol–water partition coefficient (Wildman–Crippen LogP) is 3.06. The van der Waals surface area contributed by atoms with Crippen molar-refractivity contribution in [2.75, 3.05) is 7.11 Å². The van der Waals surface area contributed by atoms with E-state index in [0.717, 1.165) is 18.5 Å². The molecule has 0 fully saturated rings. The van der Waals surface area contributed by atoms with Crippen molar-refractivity contribution in [1.82, 2.24) is 4.98 Å². The molecule has 4 nitrogen and oxygen atoms in total. The van der Waals surface area contributed by atoms with E-state index >= 15 is 0 Å². The van der Waals surface area contributed by atoms with Crippen molar-refractivity contribution in [3.8, 4) is 11.5 Å². The molecule has 1 aromatic heterocycles. The second kappa shape index (κ2) is 5.95. The number of rotatable bonds is 4. The van der Waals surface area contributed by atoms with Crippen LogP contribution in [-0.4, -0.2) is 24.0 Å². The number of nitrogens with zero attached hydrogens (tertiary/aromatic N) is 1. The summed E-state index contributed by atoms with van der Waals surface area (Å²) in [5.41, 5.74) is 1.66. The largest absolute Gasteiger partial charge is 0.497 e. The van der Waals surface area contributed by atoms with E-state index in [-0.39, 0.29) is 11.9 Å². The molecule has 0 saturated heterocycles. The molecule has 0 aliphatic carbocycles. The number of hydrogen-bond acceptors (Lipinski definition) is 4. The Morgan fingerprint density at radius 3 is 3.00 bits per heavy atom. The summed E-state index contributed by atoms with van der Waals surface area (Å²) in [4.78, 5) is 16.5. The Balaban J connectivity index is 1.70. The lowest BCUT2D eigenvalue weighted by molar-refractivity contribution is 0.0838. The van der Waals surface area contributed by atoms with E-state index in [0.29, 0.717) is 23.5 Å². The number of pyridine rings is 1. The van der Waals surface area contributed by atoms with E-state index in [1.807, 2.05) is 18.2 Å². The van der Waals surface area contributed by atoms with Gasteiger partial charge in [-0.2, -0.15) is 0 Å². The minimum absolute atomic E-state index is 0.0980. The summed E-state index contributed by atoms with van der Waals surface area (Å²) in [6.45, 7) is 0. The molecule has 3 rings (SSSR count). The highest BCUT2D eigenvalue weighted by Crippen LogP contribution is 2.32. The normalized spacial score (nSPS) is 17.0. The third-order valence-corrected chi connectivity index (χ3v) is 3.64. The maximum Gasteiger partial charge on any atom is 0.170 e. The van der Waals surface area contributed by atoms with E-state index in [1.54, 1.807) is 31.5 Å². The average molecular weight is 283 g/mol. The quantitative estimate of drug-likeness (QED) is 0.865. The number of fused-ring (bicyclic) bond motifs is 1. The van der Waals surface area contributed by atoms with Crippen molar-refractivity contribution >= 4 is 5.78 Å². The Bertz CT molecular complexity index is 640. The fraction of sp³-hybridized carbons (Fsp3) is 0.294. The molecule has 0 radical (unpaired) electrons. The molecule has 1 atom stereocenters. The molecule has 2 heterocycles. The second-order valence-corrected chi connectivity index (χ2v) is 5.09. The molecule has 0 N–H and O–H groups in total. The predicted molar refractivity (Wildman–Crippen MR) is 78.9 cm³/mol. The first kappa shape index (κ1) is 13.6. The fourth-order valence-electron chi connectivity index (χ4n) is 2.51. The summed E-state index contributed by atoms with van der Waals surface area (Å²) in [7, 11) is 1.60. The number of carbonyl (C=O) groups is 1. The van der Waals surface area contributed by atoms with Crippen LogP contribution in [-0.2, 0) is 6.42 Å². The van der Waals surface area contributed by atoms with Crippen LogP contribution in [0.4, 0.5) is 0 Å². The molecule has 0 saturated carbocycles. The molecule has 0 bridgehead atoms. The van der Waals surface area contributed by atoms with Crippen molar-refractivity contribution in [3.63, 3.8) is 0 Å². The van der Waals surface area contributed by atoms with Crippen LogP contribution < -0.4 is 9.47 Å². The number of aryl methyl sites for hydroxylation is 1. The van der Waals surface area contributed by atoms with Crippen molar-refractivity contribution in [1.29, 1.82) is 0 Å². The minimum Gasteiger partial charge on any atom is -0.497 e. The van der Waals surface area contributed by atoms with Crippen LogP contribution in [0.15, 0.2) is 42.6 Å². The molecule has 2 aromatic rings. The Morgan fingerprint density at radius 1 is 1.33 bits per heavy atom. The van der Waals surface area contributed by atoms with Gasteiger partial charge < -0.3 is 9.47 Å². The number of benzene rings is 1. The fourth-order valence-corrected chi connectivity index (χ4v) is 2.51. The first-order valence-corrected chi connectivity index (χ1v) is 7.04. The maximum atomic E-state index is 12.2. The van der Waals surface area contributed by atoms with Gasteiger partial charge in [-0.05, 0) is 37.1 Å². The van der Waals surface area contributed by atoms with Gasteiger partial charge in [0, 0.05) is 24.4 Å². The van der Waals surface area contributed by atoms with Gasteiger partial charge in [0.15, 0.2) is 5.78 Å². The van der Waals surface area contributed by atoms with E-state index in [2.05, 4.69) is 4.98 Å². The van der Waals surface area contributed by atoms with Gasteiger partial charge in [0.05, 0.1) is 12.7 Å². The van der Waals surface area contributed by atoms with Gasteiger partial charge in [0.25, 0.3) is 0 Å². The Labute approximate surface area is 123 Å². The summed E-state index contributed by atoms with van der Waals surface area (Å²) in [6.07, 6.45) is 3.69. The van der Waals surface area contributed by atoms with Crippen LogP contribution in [0.5, 0.6) is 11.5 Å². The monoisotopic (exact) mass is 283 g/mol. The van der Waals surface area contributed by atoms with Crippen molar-refractivity contribution in [3.05, 3.63) is 53.9 Å². The lowest BCUT2D eigenvalue weighted by atomic mass is 9.97. The summed E-state index contributed by atoms with van der Waals surface area (Å²) < 4.78 is 11.1. The molecular weight excluding hydrogens is 266 g/mol. The second-order valence-electron chi connectivity index (χ2n) is 5.09. The van der Waals surface area contributed by atoms with E-state index in [9.17, 15) is 4.79 Å². The van der Waals surface area contributed by atoms with Crippen LogP contribution in [0.25, 0.3) is 0 Å². The molecular formula is C17H17NO3. The summed E-state index contributed by atoms with van der Waals surface area (Å²) in [6, 6.07) is 11.2. The van der Waals surface area contributed by atoms with Crippen molar-refractivity contribution in [2.24, 2.45) is 0 Å². The standard InChI is InChI=1S/C17H17NO3/c1-20-13-7-8-15-16(19)10-14(21-17(15)11-13)6-5-12-4-2-3-9-18-12/h2-4,7-9,11,14H,5-6,10H2,1H3. The highest BCUT2D eigenvalue weighted by molar-refractivity contribution is 6.00. The number of ketones is 1. The molecule has 1 aliphatic heterocycles. The van der Waals surface area contributed by atoms with Gasteiger partial charge in [0.1, 0.15) is 17.6 Å². The summed E-state index contributed by atoms with van der Waals surface area (Å²) >= 11 is 0. The van der Waals surface area contributed by atoms with Crippen LogP contribution in [0.2, 0.25) is 0 Å². The number of carbonyl (C=O) groups excluding carboxylic acids is 1. The van der Waals surface area contributed by atoms with Crippen molar-refractivity contribution < 1.29 is 14.3 Å². The van der Waals surface area contributed by atoms with Crippen LogP contribution in [0.1, 0.15) is 28.9 Å². The maximum absolute atomic E-state index is 12.2. The Morgan fingerprint density at radius 2 is 2.24 bits per heavy atom. The Kier molecular flexibility index (Phi) is 3.86. The lowest BCUT2D eigenvalue weighted by Crippen LogP contribution is -2.27. The van der Waals surface area contributed by atoms with Gasteiger partial charge >= 0.3 is 0 Å². The topological polar surface area (TPSA) is 48.4 Å². The highest BCUT2D eigenvalue weighted by Gasteiger charge is 2.26. The molecule has 0 spiro atoms. The van der Waals surface area contributed by atoms with E-state index in [1.165, 1.54) is 0 Å². The third kappa shape index (κ3) is 3.05.